The molecule has 1 N–H and O–H groups in total. The predicted molar refractivity (Wildman–Crippen MR) is 119 cm³/mol. The number of para-hydroxylation sites is 1. The molecule has 0 bridgehead atoms. The summed E-state index contributed by atoms with van der Waals surface area (Å²) >= 11 is 1.33. The first-order chi connectivity index (χ1) is 13.9. The van der Waals surface area contributed by atoms with E-state index >= 15 is 0 Å². The zero-order valence-electron chi connectivity index (χ0n) is 17.5. The molecule has 0 saturated heterocycles. The first-order valence-electron chi connectivity index (χ1n) is 10.3. The highest BCUT2D eigenvalue weighted by atomic mass is 32.1. The largest absolute Gasteiger partial charge is 0.321 e. The molecule has 5 nitrogen and oxygen atoms in total. The Morgan fingerprint density at radius 2 is 2.00 bits per heavy atom. The van der Waals surface area contributed by atoms with Crippen molar-refractivity contribution in [3.63, 3.8) is 0 Å². The molecule has 0 atom stereocenters. The van der Waals surface area contributed by atoms with Crippen molar-refractivity contribution in [2.24, 2.45) is 0 Å². The Kier molecular flexibility index (Phi) is 5.30. The van der Waals surface area contributed by atoms with Crippen molar-refractivity contribution >= 4 is 33.1 Å². The fourth-order valence-electron chi connectivity index (χ4n) is 4.14. The maximum Gasteiger partial charge on any atom is 0.266 e. The lowest BCUT2D eigenvalue weighted by Crippen LogP contribution is -2.24. The van der Waals surface area contributed by atoms with Crippen molar-refractivity contribution in [3.8, 4) is 0 Å². The average molecular weight is 410 g/mol. The van der Waals surface area contributed by atoms with Gasteiger partial charge in [-0.2, -0.15) is 0 Å². The Morgan fingerprint density at radius 3 is 2.76 bits per heavy atom. The summed E-state index contributed by atoms with van der Waals surface area (Å²) in [5.41, 5.74) is 3.75. The van der Waals surface area contributed by atoms with Gasteiger partial charge < -0.3 is 5.32 Å². The smallest absolute Gasteiger partial charge is 0.266 e. The normalized spacial score (nSPS) is 14.1. The molecule has 6 heteroatoms. The van der Waals surface area contributed by atoms with Crippen LogP contribution in [0.15, 0.2) is 23.0 Å². The molecule has 152 valence electrons. The number of thiophene rings is 1. The van der Waals surface area contributed by atoms with Crippen LogP contribution < -0.4 is 10.9 Å². The van der Waals surface area contributed by atoms with Gasteiger partial charge in [-0.15, -0.1) is 11.3 Å². The van der Waals surface area contributed by atoms with E-state index in [0.29, 0.717) is 21.0 Å². The van der Waals surface area contributed by atoms with E-state index in [2.05, 4.69) is 25.2 Å². The number of rotatable bonds is 3. The first-order valence-corrected chi connectivity index (χ1v) is 11.1. The lowest BCUT2D eigenvalue weighted by molar-refractivity contribution is 0.103. The van der Waals surface area contributed by atoms with E-state index in [1.807, 2.05) is 30.5 Å². The first kappa shape index (κ1) is 19.8. The molecule has 1 aliphatic rings. The molecule has 0 unspecified atom stereocenters. The van der Waals surface area contributed by atoms with Gasteiger partial charge in [-0.25, -0.2) is 4.98 Å². The lowest BCUT2D eigenvalue weighted by Gasteiger charge is -2.16. The van der Waals surface area contributed by atoms with Crippen LogP contribution in [0.1, 0.15) is 71.2 Å². The van der Waals surface area contributed by atoms with Gasteiger partial charge in [0.05, 0.1) is 10.3 Å². The number of anilines is 1. The Hall–Kier alpha value is -2.47. The number of fused-ring (bicyclic) bond motifs is 2. The van der Waals surface area contributed by atoms with E-state index in [9.17, 15) is 9.59 Å². The summed E-state index contributed by atoms with van der Waals surface area (Å²) in [6.07, 6.45) is 4.01. The van der Waals surface area contributed by atoms with Crippen LogP contribution in [0.4, 0.5) is 5.69 Å². The van der Waals surface area contributed by atoms with Gasteiger partial charge in [-0.05, 0) is 49.3 Å². The van der Waals surface area contributed by atoms with Crippen LogP contribution in [0.25, 0.3) is 10.2 Å². The number of carbonyl (C=O) groups excluding carboxylic acids is 1. The summed E-state index contributed by atoms with van der Waals surface area (Å²) in [5.74, 6) is 0.992. The van der Waals surface area contributed by atoms with Crippen molar-refractivity contribution in [2.75, 3.05) is 5.32 Å². The van der Waals surface area contributed by atoms with E-state index in [1.165, 1.54) is 11.3 Å². The fourth-order valence-corrected chi connectivity index (χ4v) is 5.22. The van der Waals surface area contributed by atoms with Gasteiger partial charge in [-0.3, -0.25) is 14.2 Å². The highest BCUT2D eigenvalue weighted by molar-refractivity contribution is 7.20. The number of benzene rings is 1. The third kappa shape index (κ3) is 3.50. The molecular weight excluding hydrogens is 382 g/mol. The number of aromatic nitrogens is 2. The second-order valence-electron chi connectivity index (χ2n) is 8.18. The van der Waals surface area contributed by atoms with Gasteiger partial charge in [0.15, 0.2) is 0 Å². The number of hydrogen-bond donors (Lipinski definition) is 1. The van der Waals surface area contributed by atoms with E-state index in [4.69, 9.17) is 4.98 Å². The predicted octanol–water partition coefficient (Wildman–Crippen LogP) is 5.18. The van der Waals surface area contributed by atoms with Crippen molar-refractivity contribution in [2.45, 2.75) is 65.8 Å². The molecular formula is C23H27N3O2S. The Bertz CT molecular complexity index is 1160. The zero-order valence-corrected chi connectivity index (χ0v) is 18.3. The number of amides is 1. The Balaban J connectivity index is 1.78. The summed E-state index contributed by atoms with van der Waals surface area (Å²) in [7, 11) is 0. The molecule has 0 fully saturated rings. The highest BCUT2D eigenvalue weighted by Crippen LogP contribution is 2.32. The van der Waals surface area contributed by atoms with Crippen molar-refractivity contribution < 1.29 is 4.79 Å². The van der Waals surface area contributed by atoms with Crippen LogP contribution in [-0.4, -0.2) is 15.5 Å². The van der Waals surface area contributed by atoms with Gasteiger partial charge >= 0.3 is 0 Å². The number of carbonyl (C=O) groups is 1. The van der Waals surface area contributed by atoms with E-state index < -0.39 is 0 Å². The maximum absolute atomic E-state index is 13.2. The summed E-state index contributed by atoms with van der Waals surface area (Å²) in [4.78, 5) is 32.3. The van der Waals surface area contributed by atoms with Crippen LogP contribution in [-0.2, 0) is 13.0 Å². The Morgan fingerprint density at radius 1 is 1.21 bits per heavy atom. The van der Waals surface area contributed by atoms with Gasteiger partial charge in [0.2, 0.25) is 0 Å². The van der Waals surface area contributed by atoms with Crippen LogP contribution in [0, 0.1) is 13.8 Å². The molecule has 3 aromatic rings. The third-order valence-corrected chi connectivity index (χ3v) is 6.97. The summed E-state index contributed by atoms with van der Waals surface area (Å²) in [5, 5.41) is 3.71. The summed E-state index contributed by atoms with van der Waals surface area (Å²) < 4.78 is 1.81. The minimum absolute atomic E-state index is 0.00142. The van der Waals surface area contributed by atoms with Crippen molar-refractivity contribution in [3.05, 3.63) is 55.9 Å². The molecule has 0 radical (unpaired) electrons. The van der Waals surface area contributed by atoms with Gasteiger partial charge in [0.1, 0.15) is 10.7 Å². The second kappa shape index (κ2) is 7.75. The van der Waals surface area contributed by atoms with Crippen LogP contribution in [0.3, 0.4) is 0 Å². The SMILES string of the molecule is Cc1cccc(C(C)C)c1NC(=O)c1sc2nc3n(c(=O)c2c1C)CCCCC3. The Labute approximate surface area is 174 Å². The number of aryl methyl sites for hydroxylation is 3. The van der Waals surface area contributed by atoms with Gasteiger partial charge in [-0.1, -0.05) is 38.5 Å². The van der Waals surface area contributed by atoms with Crippen LogP contribution >= 0.6 is 11.3 Å². The molecule has 0 aliphatic carbocycles. The molecule has 29 heavy (non-hydrogen) atoms. The average Bonchev–Trinajstić information content (AvgIpc) is 2.85. The summed E-state index contributed by atoms with van der Waals surface area (Å²) in [6, 6.07) is 6.07. The number of nitrogens with zero attached hydrogens (tertiary/aromatic N) is 2. The standard InChI is InChI=1S/C23H27N3O2S/c1-13(2)16-10-8-9-14(3)19(16)25-21(27)20-15(4)18-22(29-20)24-17-11-6-5-7-12-26(17)23(18)28/h8-10,13H,5-7,11-12H2,1-4H3,(H,25,27). The minimum Gasteiger partial charge on any atom is -0.321 e. The number of nitrogens with one attached hydrogen (secondary N) is 1. The summed E-state index contributed by atoms with van der Waals surface area (Å²) in [6.45, 7) is 8.82. The minimum atomic E-state index is -0.165. The van der Waals surface area contributed by atoms with Crippen molar-refractivity contribution in [1.29, 1.82) is 0 Å². The quantitative estimate of drug-likeness (QED) is 0.648. The fraction of sp³-hybridized carbons (Fsp3) is 0.435. The molecule has 3 heterocycles. The second-order valence-corrected chi connectivity index (χ2v) is 9.18. The van der Waals surface area contributed by atoms with E-state index in [-0.39, 0.29) is 11.5 Å². The monoisotopic (exact) mass is 409 g/mol. The van der Waals surface area contributed by atoms with Crippen molar-refractivity contribution in [1.82, 2.24) is 9.55 Å². The van der Waals surface area contributed by atoms with Crippen LogP contribution in [0.2, 0.25) is 0 Å². The topological polar surface area (TPSA) is 64.0 Å². The van der Waals surface area contributed by atoms with Gasteiger partial charge in [0.25, 0.3) is 11.5 Å². The van der Waals surface area contributed by atoms with Crippen LogP contribution in [0.5, 0.6) is 0 Å². The third-order valence-electron chi connectivity index (χ3n) is 5.78. The lowest BCUT2D eigenvalue weighted by atomic mass is 9.98. The molecule has 1 aliphatic heterocycles. The highest BCUT2D eigenvalue weighted by Gasteiger charge is 2.23. The molecule has 0 spiro atoms. The van der Waals surface area contributed by atoms with Gasteiger partial charge in [0, 0.05) is 18.7 Å². The van der Waals surface area contributed by atoms with E-state index in [1.54, 1.807) is 0 Å². The zero-order chi connectivity index (χ0) is 20.7. The molecule has 4 rings (SSSR count). The molecule has 0 saturated carbocycles. The molecule has 1 aromatic carbocycles. The van der Waals surface area contributed by atoms with E-state index in [0.717, 1.165) is 60.4 Å². The molecule has 1 amide bonds. The number of hydrogen-bond acceptors (Lipinski definition) is 4. The molecule has 2 aromatic heterocycles. The maximum atomic E-state index is 13.2.